The molecule has 0 saturated carbocycles. The van der Waals surface area contributed by atoms with Gasteiger partial charge in [0.15, 0.2) is 11.6 Å². The summed E-state index contributed by atoms with van der Waals surface area (Å²) in [5.74, 6) is -1.74. The summed E-state index contributed by atoms with van der Waals surface area (Å²) in [4.78, 5) is 0. The molecule has 0 aromatic heterocycles. The maximum absolute atomic E-state index is 13.0. The van der Waals surface area contributed by atoms with E-state index in [-0.39, 0.29) is 11.8 Å². The van der Waals surface area contributed by atoms with Crippen LogP contribution in [0.25, 0.3) is 0 Å². The van der Waals surface area contributed by atoms with E-state index >= 15 is 0 Å². The van der Waals surface area contributed by atoms with Crippen molar-refractivity contribution in [2.24, 2.45) is 0 Å². The van der Waals surface area contributed by atoms with E-state index in [0.717, 1.165) is 12.1 Å². The number of nitrogens with one attached hydrogen (secondary N) is 2. The highest BCUT2D eigenvalue weighted by atomic mass is 32.2. The van der Waals surface area contributed by atoms with Crippen molar-refractivity contribution in [2.45, 2.75) is 19.4 Å². The van der Waals surface area contributed by atoms with Gasteiger partial charge in [0.2, 0.25) is 10.0 Å². The summed E-state index contributed by atoms with van der Waals surface area (Å²) in [6.07, 6.45) is 0.442. The number of hydrogen-bond donors (Lipinski definition) is 2. The van der Waals surface area contributed by atoms with Crippen molar-refractivity contribution in [1.29, 1.82) is 0 Å². The lowest BCUT2D eigenvalue weighted by atomic mass is 10.1. The van der Waals surface area contributed by atoms with Crippen LogP contribution < -0.4 is 10.0 Å². The average molecular weight is 292 g/mol. The maximum Gasteiger partial charge on any atom is 0.211 e. The zero-order valence-electron chi connectivity index (χ0n) is 10.9. The predicted molar refractivity (Wildman–Crippen MR) is 70.2 cm³/mol. The van der Waals surface area contributed by atoms with Gasteiger partial charge in [0, 0.05) is 6.04 Å². The molecule has 108 valence electrons. The van der Waals surface area contributed by atoms with Crippen LogP contribution in [0.2, 0.25) is 0 Å². The Bertz CT molecular complexity index is 520. The minimum absolute atomic E-state index is 0.0288. The van der Waals surface area contributed by atoms with Gasteiger partial charge in [-0.15, -0.1) is 0 Å². The van der Waals surface area contributed by atoms with Gasteiger partial charge < -0.3 is 5.32 Å². The molecule has 4 nitrogen and oxygen atoms in total. The molecule has 0 spiro atoms. The van der Waals surface area contributed by atoms with Gasteiger partial charge >= 0.3 is 0 Å². The maximum atomic E-state index is 13.0. The first-order valence-electron chi connectivity index (χ1n) is 5.95. The minimum atomic E-state index is -3.19. The third-order valence-corrected chi connectivity index (χ3v) is 4.24. The number of hydrogen-bond acceptors (Lipinski definition) is 3. The number of halogens is 2. The molecular formula is C12H18F2N2O2S. The summed E-state index contributed by atoms with van der Waals surface area (Å²) in [5, 5.41) is 3.06. The van der Waals surface area contributed by atoms with Gasteiger partial charge in [-0.05, 0) is 44.6 Å². The monoisotopic (exact) mass is 292 g/mol. The Morgan fingerprint density at radius 3 is 2.53 bits per heavy atom. The number of rotatable bonds is 7. The smallest absolute Gasteiger partial charge is 0.211 e. The average Bonchev–Trinajstić information content (AvgIpc) is 2.37. The molecule has 0 aliphatic carbocycles. The zero-order valence-corrected chi connectivity index (χ0v) is 11.7. The van der Waals surface area contributed by atoms with Gasteiger partial charge in [0.25, 0.3) is 0 Å². The SMILES string of the molecule is CNS(=O)(=O)CCCNC(C)c1ccc(F)c(F)c1. The van der Waals surface area contributed by atoms with Crippen LogP contribution in [-0.4, -0.2) is 27.8 Å². The van der Waals surface area contributed by atoms with E-state index in [2.05, 4.69) is 10.0 Å². The van der Waals surface area contributed by atoms with E-state index in [4.69, 9.17) is 0 Å². The molecule has 0 aliphatic heterocycles. The molecule has 19 heavy (non-hydrogen) atoms. The van der Waals surface area contributed by atoms with Crippen molar-refractivity contribution in [3.63, 3.8) is 0 Å². The molecule has 1 rings (SSSR count). The van der Waals surface area contributed by atoms with Gasteiger partial charge in [0.1, 0.15) is 0 Å². The lowest BCUT2D eigenvalue weighted by molar-refractivity contribution is 0.500. The standard InChI is InChI=1S/C12H18F2N2O2S/c1-9(10-4-5-11(13)12(14)8-10)16-6-3-7-19(17,18)15-2/h4-5,8-9,15-16H,3,6-7H2,1-2H3. The molecule has 1 aromatic carbocycles. The van der Waals surface area contributed by atoms with Gasteiger partial charge in [-0.1, -0.05) is 6.07 Å². The van der Waals surface area contributed by atoms with Crippen LogP contribution in [0.1, 0.15) is 24.9 Å². The quantitative estimate of drug-likeness (QED) is 0.750. The molecule has 1 unspecified atom stereocenters. The van der Waals surface area contributed by atoms with E-state index in [1.54, 1.807) is 6.92 Å². The normalized spacial score (nSPS) is 13.5. The zero-order chi connectivity index (χ0) is 14.5. The molecule has 0 radical (unpaired) electrons. The predicted octanol–water partition coefficient (Wildman–Crippen LogP) is 1.55. The Morgan fingerprint density at radius 1 is 1.26 bits per heavy atom. The molecule has 2 N–H and O–H groups in total. The van der Waals surface area contributed by atoms with Gasteiger partial charge in [0.05, 0.1) is 5.75 Å². The topological polar surface area (TPSA) is 58.2 Å². The molecule has 0 bridgehead atoms. The molecule has 1 aromatic rings. The number of benzene rings is 1. The second kappa shape index (κ2) is 6.93. The van der Waals surface area contributed by atoms with Gasteiger partial charge in [-0.25, -0.2) is 21.9 Å². The summed E-state index contributed by atoms with van der Waals surface area (Å²) >= 11 is 0. The van der Waals surface area contributed by atoms with Crippen LogP contribution in [0.3, 0.4) is 0 Å². The Kier molecular flexibility index (Phi) is 5.84. The summed E-state index contributed by atoms with van der Waals surface area (Å²) in [6.45, 7) is 2.28. The summed E-state index contributed by atoms with van der Waals surface area (Å²) < 4.78 is 50.4. The Balaban J connectivity index is 2.43. The van der Waals surface area contributed by atoms with Gasteiger partial charge in [-0.3, -0.25) is 0 Å². The second-order valence-electron chi connectivity index (χ2n) is 4.23. The van der Waals surface area contributed by atoms with E-state index < -0.39 is 21.7 Å². The Hall–Kier alpha value is -1.05. The molecule has 0 heterocycles. The molecule has 0 saturated heterocycles. The third-order valence-electron chi connectivity index (χ3n) is 2.80. The fraction of sp³-hybridized carbons (Fsp3) is 0.500. The van der Waals surface area contributed by atoms with Crippen molar-refractivity contribution >= 4 is 10.0 Å². The van der Waals surface area contributed by atoms with E-state index in [9.17, 15) is 17.2 Å². The summed E-state index contributed by atoms with van der Waals surface area (Å²) in [6, 6.07) is 3.54. The molecule has 0 amide bonds. The molecular weight excluding hydrogens is 274 g/mol. The first-order chi connectivity index (χ1) is 8.85. The van der Waals surface area contributed by atoms with Gasteiger partial charge in [-0.2, -0.15) is 0 Å². The lowest BCUT2D eigenvalue weighted by Gasteiger charge is -2.14. The van der Waals surface area contributed by atoms with Crippen LogP contribution in [0.15, 0.2) is 18.2 Å². The highest BCUT2D eigenvalue weighted by molar-refractivity contribution is 7.89. The molecule has 0 aliphatic rings. The first-order valence-corrected chi connectivity index (χ1v) is 7.60. The Labute approximate surface area is 112 Å². The van der Waals surface area contributed by atoms with Crippen LogP contribution in [0, 0.1) is 11.6 Å². The summed E-state index contributed by atoms with van der Waals surface area (Å²) in [5.41, 5.74) is 0.621. The van der Waals surface area contributed by atoms with Crippen LogP contribution >= 0.6 is 0 Å². The largest absolute Gasteiger partial charge is 0.310 e. The van der Waals surface area contributed by atoms with Crippen molar-refractivity contribution in [1.82, 2.24) is 10.0 Å². The highest BCUT2D eigenvalue weighted by Gasteiger charge is 2.10. The second-order valence-corrected chi connectivity index (χ2v) is 6.27. The van der Waals surface area contributed by atoms with E-state index in [1.165, 1.54) is 13.1 Å². The fourth-order valence-corrected chi connectivity index (χ4v) is 2.31. The van der Waals surface area contributed by atoms with Crippen LogP contribution in [0.5, 0.6) is 0 Å². The molecule has 0 fully saturated rings. The van der Waals surface area contributed by atoms with Crippen molar-refractivity contribution < 1.29 is 17.2 Å². The molecule has 7 heteroatoms. The number of sulfonamides is 1. The minimum Gasteiger partial charge on any atom is -0.310 e. The van der Waals surface area contributed by atoms with Crippen molar-refractivity contribution in [3.05, 3.63) is 35.4 Å². The molecule has 1 atom stereocenters. The van der Waals surface area contributed by atoms with E-state index in [1.807, 2.05) is 0 Å². The van der Waals surface area contributed by atoms with Crippen LogP contribution in [0.4, 0.5) is 8.78 Å². The van der Waals surface area contributed by atoms with Crippen LogP contribution in [-0.2, 0) is 10.0 Å². The first kappa shape index (κ1) is 16.0. The third kappa shape index (κ3) is 5.22. The lowest BCUT2D eigenvalue weighted by Crippen LogP contribution is -2.26. The van der Waals surface area contributed by atoms with E-state index in [0.29, 0.717) is 18.5 Å². The Morgan fingerprint density at radius 2 is 1.95 bits per heavy atom. The highest BCUT2D eigenvalue weighted by Crippen LogP contribution is 2.15. The summed E-state index contributed by atoms with van der Waals surface area (Å²) in [7, 11) is -1.83. The fourth-order valence-electron chi connectivity index (χ4n) is 1.58. The van der Waals surface area contributed by atoms with Crippen molar-refractivity contribution in [3.8, 4) is 0 Å². The van der Waals surface area contributed by atoms with Crippen molar-refractivity contribution in [2.75, 3.05) is 19.3 Å².